The minimum atomic E-state index is -5.19. The molecule has 0 saturated heterocycles. The van der Waals surface area contributed by atoms with Crippen LogP contribution in [0.3, 0.4) is 0 Å². The summed E-state index contributed by atoms with van der Waals surface area (Å²) in [6.07, 6.45) is -4.93. The first kappa shape index (κ1) is 31.4. The Labute approximate surface area is 256 Å². The molecule has 0 spiro atoms. The number of aromatic nitrogens is 3. The molecular weight excluding hydrogens is 624 g/mol. The summed E-state index contributed by atoms with van der Waals surface area (Å²) in [7, 11) is 0. The van der Waals surface area contributed by atoms with E-state index in [9.17, 15) is 44.7 Å². The number of alkyl halides is 5. The molecule has 46 heavy (non-hydrogen) atoms. The summed E-state index contributed by atoms with van der Waals surface area (Å²) in [5.41, 5.74) is 2.54. The summed E-state index contributed by atoms with van der Waals surface area (Å²) < 4.78 is 115. The van der Waals surface area contributed by atoms with Gasteiger partial charge in [-0.3, -0.25) is 19.3 Å². The molecule has 1 fully saturated rings. The standard InChI is InChI=1S/C32H24F8N4O2/c33-19-7-15(8-20(34)12-19)6-17(27-22(2-1-5-42-27)16-3-4-25(35)24(10-16)30(41)46)9-21(45)14-44-28-23-11-18(23)13-31(36,37)26(28)29(43-44)32(38,39)40/h1-5,7-8,10,12,17-18,23H,6,9,11,13-14H2,(H2,41,46)/t17-,18?,23?/m1/s1. The molecule has 2 aliphatic rings. The van der Waals surface area contributed by atoms with Gasteiger partial charge in [-0.15, -0.1) is 0 Å². The van der Waals surface area contributed by atoms with E-state index in [0.29, 0.717) is 16.3 Å². The predicted octanol–water partition coefficient (Wildman–Crippen LogP) is 7.06. The number of hydrogen-bond acceptors (Lipinski definition) is 4. The van der Waals surface area contributed by atoms with Crippen LogP contribution >= 0.6 is 0 Å². The molecule has 2 aromatic carbocycles. The molecule has 6 rings (SSSR count). The van der Waals surface area contributed by atoms with Gasteiger partial charge in [-0.1, -0.05) is 12.1 Å². The normalized spacial score (nSPS) is 18.9. The molecular formula is C32H24F8N4O2. The Kier molecular flexibility index (Phi) is 7.72. The minimum absolute atomic E-state index is 0.125. The second kappa shape index (κ2) is 11.3. The van der Waals surface area contributed by atoms with Crippen molar-refractivity contribution in [1.82, 2.24) is 14.8 Å². The maximum Gasteiger partial charge on any atom is 0.435 e. The summed E-state index contributed by atoms with van der Waals surface area (Å²) in [6.45, 7) is -0.768. The quantitative estimate of drug-likeness (QED) is 0.197. The largest absolute Gasteiger partial charge is 0.435 e. The van der Waals surface area contributed by atoms with Crippen molar-refractivity contribution in [2.75, 3.05) is 0 Å². The molecule has 2 aliphatic carbocycles. The van der Waals surface area contributed by atoms with Crippen LogP contribution in [0, 0.1) is 23.4 Å². The van der Waals surface area contributed by atoms with Crippen molar-refractivity contribution in [3.63, 3.8) is 0 Å². The molecule has 2 heterocycles. The van der Waals surface area contributed by atoms with E-state index in [1.807, 2.05) is 0 Å². The summed E-state index contributed by atoms with van der Waals surface area (Å²) >= 11 is 0. The Bertz CT molecular complexity index is 1850. The molecule has 3 atom stereocenters. The zero-order chi connectivity index (χ0) is 33.1. The predicted molar refractivity (Wildman–Crippen MR) is 147 cm³/mol. The smallest absolute Gasteiger partial charge is 0.366 e. The third kappa shape index (κ3) is 5.99. The van der Waals surface area contributed by atoms with E-state index >= 15 is 0 Å². The van der Waals surface area contributed by atoms with E-state index in [0.717, 1.165) is 18.2 Å². The van der Waals surface area contributed by atoms with E-state index in [2.05, 4.69) is 10.1 Å². The molecule has 4 aromatic rings. The van der Waals surface area contributed by atoms with Crippen LogP contribution < -0.4 is 5.73 Å². The monoisotopic (exact) mass is 648 g/mol. The molecule has 240 valence electrons. The number of benzene rings is 2. The molecule has 0 bridgehead atoms. The fourth-order valence-corrected chi connectivity index (χ4v) is 6.42. The van der Waals surface area contributed by atoms with Crippen LogP contribution in [0.5, 0.6) is 0 Å². The second-order valence-electron chi connectivity index (χ2n) is 11.7. The number of nitrogens with two attached hydrogens (primary N) is 1. The van der Waals surface area contributed by atoms with Gasteiger partial charge in [0.2, 0.25) is 0 Å². The molecule has 14 heteroatoms. The second-order valence-corrected chi connectivity index (χ2v) is 11.7. The van der Waals surface area contributed by atoms with Gasteiger partial charge < -0.3 is 5.73 Å². The highest BCUT2D eigenvalue weighted by molar-refractivity contribution is 5.94. The average Bonchev–Trinajstić information content (AvgIpc) is 3.59. The van der Waals surface area contributed by atoms with Crippen LogP contribution in [0.2, 0.25) is 0 Å². The van der Waals surface area contributed by atoms with Gasteiger partial charge in [0.05, 0.1) is 29.1 Å². The van der Waals surface area contributed by atoms with Crippen molar-refractivity contribution in [2.45, 2.75) is 56.2 Å². The topological polar surface area (TPSA) is 90.9 Å². The number of pyridine rings is 1. The lowest BCUT2D eigenvalue weighted by atomic mass is 9.86. The summed E-state index contributed by atoms with van der Waals surface area (Å²) in [6, 6.07) is 9.34. The molecule has 2 unspecified atom stereocenters. The maximum atomic E-state index is 14.9. The average molecular weight is 649 g/mol. The Morgan fingerprint density at radius 2 is 1.76 bits per heavy atom. The third-order valence-electron chi connectivity index (χ3n) is 8.39. The Morgan fingerprint density at radius 1 is 1.04 bits per heavy atom. The van der Waals surface area contributed by atoms with E-state index in [1.54, 1.807) is 6.07 Å². The highest BCUT2D eigenvalue weighted by atomic mass is 19.4. The van der Waals surface area contributed by atoms with E-state index < -0.39 is 95.2 Å². The first-order chi connectivity index (χ1) is 21.6. The maximum absolute atomic E-state index is 14.9. The summed E-state index contributed by atoms with van der Waals surface area (Å²) in [5, 5.41) is 3.46. The lowest BCUT2D eigenvalue weighted by Gasteiger charge is -2.24. The van der Waals surface area contributed by atoms with Gasteiger partial charge in [-0.05, 0) is 60.2 Å². The number of carbonyl (C=O) groups excluding carboxylic acids is 2. The zero-order valence-electron chi connectivity index (χ0n) is 23.7. The number of amides is 1. The van der Waals surface area contributed by atoms with E-state index in [4.69, 9.17) is 5.73 Å². The van der Waals surface area contributed by atoms with E-state index in [1.165, 1.54) is 24.4 Å². The molecule has 2 N–H and O–H groups in total. The van der Waals surface area contributed by atoms with Gasteiger partial charge in [0.25, 0.3) is 11.8 Å². The molecule has 1 saturated carbocycles. The third-order valence-corrected chi connectivity index (χ3v) is 8.39. The number of carbonyl (C=O) groups is 2. The number of rotatable bonds is 9. The molecule has 6 nitrogen and oxygen atoms in total. The summed E-state index contributed by atoms with van der Waals surface area (Å²) in [5.74, 6) is -10.3. The lowest BCUT2D eigenvalue weighted by Crippen LogP contribution is -2.25. The van der Waals surface area contributed by atoms with Crippen LogP contribution in [-0.4, -0.2) is 26.5 Å². The Balaban J connectivity index is 1.39. The van der Waals surface area contributed by atoms with Gasteiger partial charge in [0, 0.05) is 42.5 Å². The fraction of sp³-hybridized carbons (Fsp3) is 0.312. The van der Waals surface area contributed by atoms with Crippen molar-refractivity contribution in [3.8, 4) is 11.1 Å². The van der Waals surface area contributed by atoms with Crippen molar-refractivity contribution in [1.29, 1.82) is 0 Å². The number of primary amides is 1. The molecule has 0 radical (unpaired) electrons. The highest BCUT2D eigenvalue weighted by Gasteiger charge is 2.60. The van der Waals surface area contributed by atoms with Crippen LogP contribution in [0.15, 0.2) is 54.7 Å². The van der Waals surface area contributed by atoms with Crippen molar-refractivity contribution in [3.05, 3.63) is 106 Å². The van der Waals surface area contributed by atoms with Crippen LogP contribution in [0.1, 0.15) is 69.7 Å². The Hall–Kier alpha value is -4.62. The first-order valence-electron chi connectivity index (χ1n) is 14.2. The number of nitrogens with zero attached hydrogens (tertiary/aromatic N) is 3. The van der Waals surface area contributed by atoms with Gasteiger partial charge >= 0.3 is 6.18 Å². The Morgan fingerprint density at radius 3 is 2.43 bits per heavy atom. The van der Waals surface area contributed by atoms with Gasteiger partial charge in [0.15, 0.2) is 11.5 Å². The first-order valence-corrected chi connectivity index (χ1v) is 14.2. The van der Waals surface area contributed by atoms with Crippen LogP contribution in [0.25, 0.3) is 11.1 Å². The minimum Gasteiger partial charge on any atom is -0.366 e. The molecule has 0 aliphatic heterocycles. The number of ketones is 1. The fourth-order valence-electron chi connectivity index (χ4n) is 6.42. The van der Waals surface area contributed by atoms with E-state index in [-0.39, 0.29) is 35.4 Å². The number of Topliss-reactive ketones (excluding diaryl/α,β-unsaturated/α-hetero) is 1. The van der Waals surface area contributed by atoms with Gasteiger partial charge in [-0.25, -0.2) is 22.0 Å². The molecule has 1 amide bonds. The van der Waals surface area contributed by atoms with Crippen molar-refractivity contribution < 1.29 is 44.7 Å². The van der Waals surface area contributed by atoms with Gasteiger partial charge in [-0.2, -0.15) is 18.3 Å². The summed E-state index contributed by atoms with van der Waals surface area (Å²) in [4.78, 5) is 29.7. The number of hydrogen-bond donors (Lipinski definition) is 1. The van der Waals surface area contributed by atoms with Crippen LogP contribution in [0.4, 0.5) is 35.1 Å². The van der Waals surface area contributed by atoms with Gasteiger partial charge in [0.1, 0.15) is 17.5 Å². The van der Waals surface area contributed by atoms with Crippen LogP contribution in [-0.2, 0) is 29.9 Å². The van der Waals surface area contributed by atoms with Crippen molar-refractivity contribution in [2.24, 2.45) is 11.7 Å². The number of halogens is 8. The SMILES string of the molecule is NC(=O)c1cc(-c2cccnc2[C@@H](CC(=O)Cn2nc(C(F)(F)F)c3c2C2CC2CC3(F)F)Cc2cc(F)cc(F)c2)ccc1F. The lowest BCUT2D eigenvalue weighted by molar-refractivity contribution is -0.146. The number of fused-ring (bicyclic) bond motifs is 3. The zero-order valence-corrected chi connectivity index (χ0v) is 23.7. The molecule has 2 aromatic heterocycles. The highest BCUT2D eigenvalue weighted by Crippen LogP contribution is 2.62. The van der Waals surface area contributed by atoms with Crippen molar-refractivity contribution >= 4 is 11.7 Å².